The first kappa shape index (κ1) is 18.5. The van der Waals surface area contributed by atoms with Gasteiger partial charge in [-0.2, -0.15) is 0 Å². The normalized spacial score (nSPS) is 30.8. The Labute approximate surface area is 133 Å². The second-order valence-electron chi connectivity index (χ2n) is 7.01. The molecule has 0 N–H and O–H groups in total. The zero-order chi connectivity index (χ0) is 17.1. The van der Waals surface area contributed by atoms with Crippen molar-refractivity contribution in [1.29, 1.82) is 0 Å². The van der Waals surface area contributed by atoms with E-state index in [1.807, 2.05) is 0 Å². The largest absolute Gasteiger partial charge is 0.466 e. The maximum Gasteiger partial charge on any atom is 0.333 e. The van der Waals surface area contributed by atoms with Crippen molar-refractivity contribution < 1.29 is 19.1 Å². The lowest BCUT2D eigenvalue weighted by molar-refractivity contribution is -0.151. The van der Waals surface area contributed by atoms with Gasteiger partial charge in [0, 0.05) is 17.1 Å². The molecule has 0 radical (unpaired) electrons. The summed E-state index contributed by atoms with van der Waals surface area (Å²) in [6.07, 6.45) is 4.69. The van der Waals surface area contributed by atoms with Crippen LogP contribution in [0.1, 0.15) is 47.0 Å². The van der Waals surface area contributed by atoms with Gasteiger partial charge in [0.1, 0.15) is 6.10 Å². The summed E-state index contributed by atoms with van der Waals surface area (Å²) in [4.78, 5) is 21.4. The Morgan fingerprint density at radius 2 is 1.86 bits per heavy atom. The molecular weight excluding hydrogens is 280 g/mol. The number of hydrogen-bond acceptors (Lipinski definition) is 4. The summed E-state index contributed by atoms with van der Waals surface area (Å²) in [5.41, 5.74) is 0.958. The molecule has 0 amide bonds. The van der Waals surface area contributed by atoms with E-state index in [4.69, 9.17) is 4.74 Å². The zero-order valence-electron chi connectivity index (χ0n) is 14.4. The smallest absolute Gasteiger partial charge is 0.333 e. The molecule has 2 aliphatic rings. The molecule has 2 saturated carbocycles. The summed E-state index contributed by atoms with van der Waals surface area (Å²) in [6, 6.07) is 0. The van der Waals surface area contributed by atoms with Crippen LogP contribution in [0.4, 0.5) is 0 Å². The Morgan fingerprint density at radius 1 is 1.27 bits per heavy atom. The minimum absolute atomic E-state index is 0.0884. The van der Waals surface area contributed by atoms with Crippen LogP contribution >= 0.6 is 0 Å². The van der Waals surface area contributed by atoms with Gasteiger partial charge in [0.2, 0.25) is 0 Å². The van der Waals surface area contributed by atoms with Crippen molar-refractivity contribution in [2.24, 2.45) is 16.7 Å². The van der Waals surface area contributed by atoms with Gasteiger partial charge in [-0.3, -0.25) is 0 Å². The molecule has 4 heteroatoms. The highest BCUT2D eigenvalue weighted by Crippen LogP contribution is 2.66. The molecule has 22 heavy (non-hydrogen) atoms. The Hall–Kier alpha value is -1.58. The van der Waals surface area contributed by atoms with Crippen LogP contribution in [-0.4, -0.2) is 25.2 Å². The molecule has 0 spiro atoms. The van der Waals surface area contributed by atoms with Crippen molar-refractivity contribution in [3.63, 3.8) is 0 Å². The fraction of sp³-hybridized carbons (Fsp3) is 0.667. The molecular formula is C18H28O4. The summed E-state index contributed by atoms with van der Waals surface area (Å²) in [5, 5.41) is 0. The van der Waals surface area contributed by atoms with Crippen LogP contribution in [-0.2, 0) is 19.1 Å². The number of ether oxygens (including phenoxy) is 2. The highest BCUT2D eigenvalue weighted by atomic mass is 16.5. The molecule has 0 saturated heterocycles. The standard InChI is InChI=1S/C14H22O2.C4H6O2/c1-9(2)12(15)16-11-8-10-6-7-14(11,5)13(10,3)4;1-3-4(5)6-2/h10-11H,1,6-8H2,2-5H3;3H,1H2,2H3/t10-,11?,14-;/m1./s1. The van der Waals surface area contributed by atoms with E-state index in [2.05, 4.69) is 38.7 Å². The van der Waals surface area contributed by atoms with E-state index < -0.39 is 5.97 Å². The molecule has 124 valence electrons. The highest BCUT2D eigenvalue weighted by Gasteiger charge is 2.62. The van der Waals surface area contributed by atoms with E-state index in [1.165, 1.54) is 20.0 Å². The third-order valence-electron chi connectivity index (χ3n) is 5.68. The quantitative estimate of drug-likeness (QED) is 0.589. The van der Waals surface area contributed by atoms with Crippen LogP contribution in [0.3, 0.4) is 0 Å². The molecule has 2 aliphatic carbocycles. The van der Waals surface area contributed by atoms with E-state index in [1.54, 1.807) is 6.92 Å². The van der Waals surface area contributed by atoms with Crippen LogP contribution in [0, 0.1) is 16.7 Å². The SMILES string of the molecule is C=C(C)C(=O)OC1C[C@H]2CC[C@@]1(C)C2(C)C.C=CC(=O)OC. The van der Waals surface area contributed by atoms with Crippen LogP contribution < -0.4 is 0 Å². The number of hydrogen-bond donors (Lipinski definition) is 0. The Bertz CT molecular complexity index is 477. The van der Waals surface area contributed by atoms with E-state index in [9.17, 15) is 9.59 Å². The Balaban J connectivity index is 0.000000346. The summed E-state index contributed by atoms with van der Waals surface area (Å²) in [5.74, 6) is 0.0880. The second kappa shape index (κ2) is 6.67. The molecule has 1 unspecified atom stereocenters. The van der Waals surface area contributed by atoms with Crippen molar-refractivity contribution in [3.05, 3.63) is 24.8 Å². The van der Waals surface area contributed by atoms with Crippen molar-refractivity contribution in [2.75, 3.05) is 7.11 Å². The van der Waals surface area contributed by atoms with Gasteiger partial charge in [-0.15, -0.1) is 0 Å². The molecule has 3 atom stereocenters. The van der Waals surface area contributed by atoms with Gasteiger partial charge in [-0.25, -0.2) is 9.59 Å². The van der Waals surface area contributed by atoms with Gasteiger partial charge in [0.05, 0.1) is 7.11 Å². The molecule has 0 aliphatic heterocycles. The molecule has 2 rings (SSSR count). The number of carbonyl (C=O) groups is 2. The average Bonchev–Trinajstić information content (AvgIpc) is 2.80. The summed E-state index contributed by atoms with van der Waals surface area (Å²) in [7, 11) is 1.31. The third-order valence-corrected chi connectivity index (χ3v) is 5.68. The monoisotopic (exact) mass is 308 g/mol. The fourth-order valence-electron chi connectivity index (χ4n) is 3.62. The molecule has 0 aromatic rings. The van der Waals surface area contributed by atoms with Gasteiger partial charge in [-0.1, -0.05) is 33.9 Å². The van der Waals surface area contributed by atoms with E-state index in [0.29, 0.717) is 16.9 Å². The van der Waals surface area contributed by atoms with Gasteiger partial charge in [0.25, 0.3) is 0 Å². The first-order valence-electron chi connectivity index (χ1n) is 7.67. The highest BCUT2D eigenvalue weighted by molar-refractivity contribution is 5.87. The van der Waals surface area contributed by atoms with E-state index in [-0.39, 0.29) is 17.5 Å². The van der Waals surface area contributed by atoms with Crippen LogP contribution in [0.25, 0.3) is 0 Å². The van der Waals surface area contributed by atoms with Crippen LogP contribution in [0.15, 0.2) is 24.8 Å². The fourth-order valence-corrected chi connectivity index (χ4v) is 3.62. The molecule has 4 nitrogen and oxygen atoms in total. The number of carbonyl (C=O) groups excluding carboxylic acids is 2. The number of rotatable bonds is 3. The lowest BCUT2D eigenvalue weighted by Gasteiger charge is -2.38. The van der Waals surface area contributed by atoms with Crippen molar-refractivity contribution in [3.8, 4) is 0 Å². The van der Waals surface area contributed by atoms with Crippen LogP contribution in [0.5, 0.6) is 0 Å². The van der Waals surface area contributed by atoms with Crippen molar-refractivity contribution in [1.82, 2.24) is 0 Å². The van der Waals surface area contributed by atoms with Gasteiger partial charge >= 0.3 is 11.9 Å². The van der Waals surface area contributed by atoms with Gasteiger partial charge in [0.15, 0.2) is 0 Å². The maximum absolute atomic E-state index is 11.6. The minimum Gasteiger partial charge on any atom is -0.466 e. The molecule has 0 heterocycles. The first-order chi connectivity index (χ1) is 10.1. The molecule has 0 aromatic heterocycles. The van der Waals surface area contributed by atoms with Crippen LogP contribution in [0.2, 0.25) is 0 Å². The lowest BCUT2D eigenvalue weighted by Crippen LogP contribution is -2.38. The van der Waals surface area contributed by atoms with Gasteiger partial charge < -0.3 is 9.47 Å². The molecule has 2 fully saturated rings. The predicted octanol–water partition coefficient (Wildman–Crippen LogP) is 3.67. The van der Waals surface area contributed by atoms with E-state index >= 15 is 0 Å². The van der Waals surface area contributed by atoms with Gasteiger partial charge in [-0.05, 0) is 37.5 Å². The third kappa shape index (κ3) is 3.26. The lowest BCUT2D eigenvalue weighted by atomic mass is 9.70. The topological polar surface area (TPSA) is 52.6 Å². The maximum atomic E-state index is 11.6. The number of fused-ring (bicyclic) bond motifs is 2. The second-order valence-corrected chi connectivity index (χ2v) is 7.01. The zero-order valence-corrected chi connectivity index (χ0v) is 14.4. The Morgan fingerprint density at radius 3 is 2.14 bits per heavy atom. The predicted molar refractivity (Wildman–Crippen MR) is 86.1 cm³/mol. The van der Waals surface area contributed by atoms with E-state index in [0.717, 1.165) is 12.5 Å². The number of esters is 2. The minimum atomic E-state index is -0.394. The Kier molecular flexibility index (Phi) is 5.60. The molecule has 0 aromatic carbocycles. The molecule has 2 bridgehead atoms. The van der Waals surface area contributed by atoms with Crippen molar-refractivity contribution >= 4 is 11.9 Å². The summed E-state index contributed by atoms with van der Waals surface area (Å²) >= 11 is 0. The first-order valence-corrected chi connectivity index (χ1v) is 7.67. The summed E-state index contributed by atoms with van der Waals surface area (Å²) in [6.45, 7) is 15.4. The summed E-state index contributed by atoms with van der Waals surface area (Å²) < 4.78 is 9.75. The van der Waals surface area contributed by atoms with Crippen molar-refractivity contribution in [2.45, 2.75) is 53.1 Å². The number of methoxy groups -OCH3 is 1. The average molecular weight is 308 g/mol.